The van der Waals surface area contributed by atoms with E-state index in [2.05, 4.69) is 20.9 Å². The van der Waals surface area contributed by atoms with E-state index in [0.29, 0.717) is 32.1 Å². The lowest BCUT2D eigenvalue weighted by atomic mass is 9.94. The molecule has 1 fully saturated rings. The van der Waals surface area contributed by atoms with Crippen molar-refractivity contribution in [3.8, 4) is 12.3 Å². The number of anilines is 1. The van der Waals surface area contributed by atoms with Crippen LogP contribution in [-0.2, 0) is 23.7 Å². The SMILES string of the molecule is C#C[C@]1(CC)O[C@@H](n2cnc3c(N)nc(F)nc32)C[C@@H]1OC(=O)OCCCCCC(=O)OC(C)(C)C. The summed E-state index contributed by atoms with van der Waals surface area (Å²) < 4.78 is 37.3. The van der Waals surface area contributed by atoms with E-state index in [4.69, 9.17) is 31.1 Å². The first-order chi connectivity index (χ1) is 17.0. The minimum absolute atomic E-state index is 0.101. The average Bonchev–Trinajstić information content (AvgIpc) is 3.36. The number of fused-ring (bicyclic) bond motifs is 1. The highest BCUT2D eigenvalue weighted by Gasteiger charge is 2.50. The van der Waals surface area contributed by atoms with Crippen LogP contribution in [-0.4, -0.2) is 55.6 Å². The Bertz CT molecular complexity index is 1140. The Labute approximate surface area is 208 Å². The molecule has 2 N–H and O–H groups in total. The van der Waals surface area contributed by atoms with Crippen molar-refractivity contribution in [2.75, 3.05) is 12.3 Å². The lowest BCUT2D eigenvalue weighted by molar-refractivity contribution is -0.154. The number of rotatable bonds is 9. The number of nitrogens with two attached hydrogens (primary N) is 1. The Morgan fingerprint density at radius 3 is 2.75 bits per heavy atom. The van der Waals surface area contributed by atoms with Crippen LogP contribution in [0.25, 0.3) is 11.2 Å². The van der Waals surface area contributed by atoms with Crippen LogP contribution < -0.4 is 5.73 Å². The molecule has 2 aromatic heterocycles. The molecular formula is C24H32FN5O6. The van der Waals surface area contributed by atoms with Gasteiger partial charge in [0, 0.05) is 12.8 Å². The van der Waals surface area contributed by atoms with Crippen LogP contribution in [0.1, 0.15) is 72.4 Å². The molecule has 2 aromatic rings. The van der Waals surface area contributed by atoms with Crippen molar-refractivity contribution >= 4 is 29.1 Å². The molecule has 3 heterocycles. The van der Waals surface area contributed by atoms with Crippen LogP contribution >= 0.6 is 0 Å². The van der Waals surface area contributed by atoms with Gasteiger partial charge in [-0.05, 0) is 46.5 Å². The molecule has 1 saturated heterocycles. The standard InChI is InChI=1S/C24H32FN5O6/c1-6-24(7-2)15(34-22(32)33-12-10-8-9-11-17(31)36-23(3,4)5)13-16(35-24)30-14-27-18-19(26)28-21(25)29-20(18)30/h1,14-16H,7-13H2,2-5H3,(H2,26,28,29)/t15-,16+,24+/m0/s1. The predicted molar refractivity (Wildman–Crippen MR) is 127 cm³/mol. The summed E-state index contributed by atoms with van der Waals surface area (Å²) in [6.07, 6.45) is 6.41. The third-order valence-electron chi connectivity index (χ3n) is 5.69. The number of imidazole rings is 1. The van der Waals surface area contributed by atoms with E-state index in [1.165, 1.54) is 10.9 Å². The number of nitrogens with zero attached hydrogens (tertiary/aromatic N) is 4. The number of esters is 1. The van der Waals surface area contributed by atoms with Crippen LogP contribution in [0.3, 0.4) is 0 Å². The minimum atomic E-state index is -1.22. The summed E-state index contributed by atoms with van der Waals surface area (Å²) in [7, 11) is 0. The quantitative estimate of drug-likeness (QED) is 0.232. The summed E-state index contributed by atoms with van der Waals surface area (Å²) in [5.74, 6) is 2.23. The van der Waals surface area contributed by atoms with Gasteiger partial charge in [-0.15, -0.1) is 6.42 Å². The van der Waals surface area contributed by atoms with Crippen LogP contribution in [0.5, 0.6) is 0 Å². The molecule has 36 heavy (non-hydrogen) atoms. The molecule has 0 spiro atoms. The average molecular weight is 506 g/mol. The zero-order valence-corrected chi connectivity index (χ0v) is 21.0. The van der Waals surface area contributed by atoms with Gasteiger partial charge in [0.25, 0.3) is 0 Å². The molecule has 0 aromatic carbocycles. The van der Waals surface area contributed by atoms with E-state index < -0.39 is 35.8 Å². The number of hydrogen-bond donors (Lipinski definition) is 1. The number of ether oxygens (including phenoxy) is 4. The van der Waals surface area contributed by atoms with Gasteiger partial charge in [-0.25, -0.2) is 9.78 Å². The molecule has 11 nitrogen and oxygen atoms in total. The van der Waals surface area contributed by atoms with E-state index in [9.17, 15) is 14.0 Å². The monoisotopic (exact) mass is 505 g/mol. The Morgan fingerprint density at radius 1 is 1.33 bits per heavy atom. The van der Waals surface area contributed by atoms with Crippen molar-refractivity contribution in [3.05, 3.63) is 12.4 Å². The number of aromatic nitrogens is 4. The first-order valence-electron chi connectivity index (χ1n) is 11.8. The molecule has 196 valence electrons. The van der Waals surface area contributed by atoms with Gasteiger partial charge in [0.2, 0.25) is 0 Å². The van der Waals surface area contributed by atoms with Gasteiger partial charge in [0.05, 0.1) is 12.9 Å². The van der Waals surface area contributed by atoms with Crippen LogP contribution in [0.4, 0.5) is 15.0 Å². The zero-order valence-electron chi connectivity index (χ0n) is 21.0. The lowest BCUT2D eigenvalue weighted by Gasteiger charge is -2.27. The van der Waals surface area contributed by atoms with E-state index in [0.717, 1.165) is 0 Å². The van der Waals surface area contributed by atoms with Crippen LogP contribution in [0.15, 0.2) is 6.33 Å². The Balaban J connectivity index is 1.54. The summed E-state index contributed by atoms with van der Waals surface area (Å²) in [6.45, 7) is 7.38. The normalized spacial score (nSPS) is 21.8. The number of hydrogen-bond acceptors (Lipinski definition) is 10. The third kappa shape index (κ3) is 6.40. The number of nitrogen functional groups attached to an aromatic ring is 1. The van der Waals surface area contributed by atoms with Gasteiger partial charge < -0.3 is 24.7 Å². The Morgan fingerprint density at radius 2 is 2.08 bits per heavy atom. The van der Waals surface area contributed by atoms with Crippen LogP contribution in [0, 0.1) is 18.4 Å². The fourth-order valence-electron chi connectivity index (χ4n) is 3.96. The van der Waals surface area contributed by atoms with Crippen molar-refractivity contribution < 1.29 is 32.9 Å². The van der Waals surface area contributed by atoms with E-state index >= 15 is 0 Å². The number of halogens is 1. The first kappa shape index (κ1) is 27.1. The highest BCUT2D eigenvalue weighted by Crippen LogP contribution is 2.41. The van der Waals surface area contributed by atoms with Gasteiger partial charge in [0.15, 0.2) is 22.6 Å². The molecule has 3 atom stereocenters. The number of carbonyl (C=O) groups is 2. The smallest absolute Gasteiger partial charge is 0.460 e. The molecule has 0 unspecified atom stereocenters. The molecule has 1 aliphatic heterocycles. The molecule has 0 amide bonds. The van der Waals surface area contributed by atoms with Crippen molar-refractivity contribution in [3.63, 3.8) is 0 Å². The van der Waals surface area contributed by atoms with Gasteiger partial charge in [0.1, 0.15) is 17.9 Å². The van der Waals surface area contributed by atoms with E-state index in [-0.39, 0.29) is 36.0 Å². The largest absolute Gasteiger partial charge is 0.508 e. The van der Waals surface area contributed by atoms with Crippen molar-refractivity contribution in [1.29, 1.82) is 0 Å². The predicted octanol–water partition coefficient (Wildman–Crippen LogP) is 3.67. The van der Waals surface area contributed by atoms with Crippen molar-refractivity contribution in [2.24, 2.45) is 0 Å². The molecule has 1 aliphatic rings. The van der Waals surface area contributed by atoms with Gasteiger partial charge >= 0.3 is 18.2 Å². The highest BCUT2D eigenvalue weighted by atomic mass is 19.1. The molecule has 0 bridgehead atoms. The summed E-state index contributed by atoms with van der Waals surface area (Å²) in [4.78, 5) is 35.5. The zero-order chi connectivity index (χ0) is 26.5. The van der Waals surface area contributed by atoms with Crippen LogP contribution in [0.2, 0.25) is 0 Å². The first-order valence-corrected chi connectivity index (χ1v) is 11.8. The number of carbonyl (C=O) groups excluding carboxylic acids is 2. The number of terminal acetylenes is 1. The highest BCUT2D eigenvalue weighted by molar-refractivity contribution is 5.81. The summed E-state index contributed by atoms with van der Waals surface area (Å²) >= 11 is 0. The van der Waals surface area contributed by atoms with E-state index in [1.54, 1.807) is 6.92 Å². The molecule has 0 radical (unpaired) electrons. The van der Waals surface area contributed by atoms with Crippen molar-refractivity contribution in [1.82, 2.24) is 19.5 Å². The second-order valence-electron chi connectivity index (χ2n) is 9.50. The van der Waals surface area contributed by atoms with E-state index in [1.807, 2.05) is 20.8 Å². The summed E-state index contributed by atoms with van der Waals surface area (Å²) in [5, 5.41) is 0. The maximum atomic E-state index is 13.8. The Hall–Kier alpha value is -3.46. The van der Waals surface area contributed by atoms with Gasteiger partial charge in [-0.2, -0.15) is 14.4 Å². The fourth-order valence-corrected chi connectivity index (χ4v) is 3.96. The molecule has 0 aliphatic carbocycles. The van der Waals surface area contributed by atoms with Gasteiger partial charge in [-0.3, -0.25) is 9.36 Å². The second kappa shape index (κ2) is 11.1. The summed E-state index contributed by atoms with van der Waals surface area (Å²) in [6, 6.07) is 0. The summed E-state index contributed by atoms with van der Waals surface area (Å²) in [5.41, 5.74) is 4.37. The maximum Gasteiger partial charge on any atom is 0.508 e. The lowest BCUT2D eigenvalue weighted by Crippen LogP contribution is -2.40. The Kier molecular flexibility index (Phi) is 8.35. The van der Waals surface area contributed by atoms with Crippen molar-refractivity contribution in [2.45, 2.75) is 89.8 Å². The third-order valence-corrected chi connectivity index (χ3v) is 5.69. The molecular weight excluding hydrogens is 473 g/mol. The second-order valence-corrected chi connectivity index (χ2v) is 9.50. The topological polar surface area (TPSA) is 141 Å². The molecule has 3 rings (SSSR count). The van der Waals surface area contributed by atoms with Gasteiger partial charge in [-0.1, -0.05) is 12.8 Å². The molecule has 0 saturated carbocycles. The number of unbranched alkanes of at least 4 members (excludes halogenated alkanes) is 2. The molecule has 12 heteroatoms. The fraction of sp³-hybridized carbons (Fsp3) is 0.625. The minimum Gasteiger partial charge on any atom is -0.460 e. The maximum absolute atomic E-state index is 13.8.